The number of pyridine rings is 1. The highest BCUT2D eigenvalue weighted by atomic mass is 15.1. The summed E-state index contributed by atoms with van der Waals surface area (Å²) in [6.07, 6.45) is 1.87. The largest absolute Gasteiger partial charge is 0.309 e. The summed E-state index contributed by atoms with van der Waals surface area (Å²) < 4.78 is 7.20. The van der Waals surface area contributed by atoms with Crippen molar-refractivity contribution in [3.63, 3.8) is 0 Å². The van der Waals surface area contributed by atoms with E-state index in [2.05, 4.69) is 238 Å². The van der Waals surface area contributed by atoms with Crippen molar-refractivity contribution >= 4 is 54.6 Å². The fourth-order valence-electron chi connectivity index (χ4n) is 10.9. The number of hydrogen-bond donors (Lipinski definition) is 0. The number of para-hydroxylation sites is 5. The summed E-state index contributed by atoms with van der Waals surface area (Å²) in [5.41, 5.74) is 19.4. The maximum Gasteiger partial charge on any atom is 0.145 e. The minimum atomic E-state index is 0.890. The summed E-state index contributed by atoms with van der Waals surface area (Å²) >= 11 is 0. The van der Waals surface area contributed by atoms with Crippen molar-refractivity contribution in [3.8, 4) is 62.1 Å². The van der Waals surface area contributed by atoms with E-state index in [-0.39, 0.29) is 0 Å². The zero-order chi connectivity index (χ0) is 44.0. The average molecular weight is 856 g/mol. The van der Waals surface area contributed by atoms with E-state index in [0.717, 1.165) is 91.4 Å². The fraction of sp³-hybridized carbons (Fsp3) is 0.0323. The molecule has 0 saturated heterocycles. The van der Waals surface area contributed by atoms with E-state index in [1.54, 1.807) is 0 Å². The summed E-state index contributed by atoms with van der Waals surface area (Å²) in [6, 6.07) is 81.1. The maximum atomic E-state index is 5.60. The van der Waals surface area contributed by atoms with E-state index < -0.39 is 0 Å². The number of aryl methyl sites for hydroxylation is 2. The zero-order valence-electron chi connectivity index (χ0n) is 36.5. The summed E-state index contributed by atoms with van der Waals surface area (Å²) in [4.78, 5) is 10.9. The van der Waals surface area contributed by atoms with Gasteiger partial charge in [-0.25, -0.2) is 9.97 Å². The standard InChI is InChI=1S/C62H41N5/c1-4-17-40(18-5-1)47-36-53(41-19-6-2-7-20-41)63-59(38-47)67-57-37-46(42-21-16-22-45(33-42)62-64-52-27-12-15-30-56(52)66(62)48-23-8-3-9-24-48)34-43-31-32-44-35-49(39-58(67)61(44)60(43)57)65-54-28-13-10-25-50(54)51-26-11-14-29-55(51)65/h1-30,33-39H,31-32H2. The molecule has 1 aliphatic carbocycles. The van der Waals surface area contributed by atoms with Crippen molar-refractivity contribution in [1.82, 2.24) is 23.7 Å². The van der Waals surface area contributed by atoms with Crippen LogP contribution in [0.4, 0.5) is 0 Å². The predicted octanol–water partition coefficient (Wildman–Crippen LogP) is 15.4. The lowest BCUT2D eigenvalue weighted by atomic mass is 9.88. The smallest absolute Gasteiger partial charge is 0.145 e. The Morgan fingerprint density at radius 1 is 0.313 bits per heavy atom. The fourth-order valence-corrected chi connectivity index (χ4v) is 10.9. The Bertz CT molecular complexity index is 3970. The molecule has 0 radical (unpaired) electrons. The Balaban J connectivity index is 1.05. The van der Waals surface area contributed by atoms with Gasteiger partial charge in [0, 0.05) is 44.0 Å². The highest BCUT2D eigenvalue weighted by Gasteiger charge is 2.26. The van der Waals surface area contributed by atoms with Crippen molar-refractivity contribution in [1.29, 1.82) is 0 Å². The minimum Gasteiger partial charge on any atom is -0.309 e. The Morgan fingerprint density at radius 3 is 1.61 bits per heavy atom. The van der Waals surface area contributed by atoms with Crippen LogP contribution in [0.5, 0.6) is 0 Å². The maximum absolute atomic E-state index is 5.60. The number of aromatic nitrogens is 5. The molecular weight excluding hydrogens is 815 g/mol. The number of imidazole rings is 1. The van der Waals surface area contributed by atoms with Crippen LogP contribution in [0.3, 0.4) is 0 Å². The Kier molecular flexibility index (Phi) is 8.34. The lowest BCUT2D eigenvalue weighted by Crippen LogP contribution is -2.02. The molecule has 0 spiro atoms. The van der Waals surface area contributed by atoms with Gasteiger partial charge >= 0.3 is 0 Å². The molecule has 0 N–H and O–H groups in total. The van der Waals surface area contributed by atoms with E-state index in [4.69, 9.17) is 9.97 Å². The molecule has 5 nitrogen and oxygen atoms in total. The van der Waals surface area contributed by atoms with Crippen LogP contribution in [0.1, 0.15) is 11.1 Å². The van der Waals surface area contributed by atoms with E-state index >= 15 is 0 Å². The summed E-state index contributed by atoms with van der Waals surface area (Å²) in [6.45, 7) is 0. The van der Waals surface area contributed by atoms with Crippen molar-refractivity contribution in [3.05, 3.63) is 236 Å². The van der Waals surface area contributed by atoms with Gasteiger partial charge in [0.1, 0.15) is 11.6 Å². The van der Waals surface area contributed by atoms with Crippen LogP contribution in [0, 0.1) is 0 Å². The quantitative estimate of drug-likeness (QED) is 0.160. The van der Waals surface area contributed by atoms with E-state index in [1.165, 1.54) is 49.3 Å². The SMILES string of the molecule is c1ccc(-c2cc(-c3ccccc3)nc(-n3c4cc(-c5cccc(-c6nc7ccccc7n6-c6ccccc6)c5)cc5c4c4c(cc(-n6c7ccccc7c7ccccc76)cc43)CC5)c2)cc1. The van der Waals surface area contributed by atoms with Gasteiger partial charge in [0.2, 0.25) is 0 Å². The minimum absolute atomic E-state index is 0.890. The molecule has 9 aromatic carbocycles. The van der Waals surface area contributed by atoms with Gasteiger partial charge in [-0.2, -0.15) is 0 Å². The predicted molar refractivity (Wildman–Crippen MR) is 277 cm³/mol. The van der Waals surface area contributed by atoms with Gasteiger partial charge in [0.15, 0.2) is 0 Å². The van der Waals surface area contributed by atoms with Crippen LogP contribution in [-0.2, 0) is 12.8 Å². The number of benzene rings is 9. The molecule has 1 aliphatic rings. The molecule has 0 bridgehead atoms. The highest BCUT2D eigenvalue weighted by molar-refractivity contribution is 6.16. The number of nitrogens with zero attached hydrogens (tertiary/aromatic N) is 5. The second kappa shape index (κ2) is 14.9. The molecular formula is C62H41N5. The third-order valence-electron chi connectivity index (χ3n) is 13.9. The lowest BCUT2D eigenvalue weighted by molar-refractivity contribution is 0.966. The van der Waals surface area contributed by atoms with Crippen LogP contribution in [0.2, 0.25) is 0 Å². The molecule has 314 valence electrons. The summed E-state index contributed by atoms with van der Waals surface area (Å²) in [5.74, 6) is 1.81. The number of fused-ring (bicyclic) bond motifs is 4. The summed E-state index contributed by atoms with van der Waals surface area (Å²) in [7, 11) is 0. The van der Waals surface area contributed by atoms with Crippen molar-refractivity contribution < 1.29 is 0 Å². The zero-order valence-corrected chi connectivity index (χ0v) is 36.5. The van der Waals surface area contributed by atoms with Crippen LogP contribution in [-0.4, -0.2) is 23.7 Å². The van der Waals surface area contributed by atoms with Gasteiger partial charge < -0.3 is 4.57 Å². The molecule has 4 heterocycles. The topological polar surface area (TPSA) is 40.6 Å². The second-order valence-electron chi connectivity index (χ2n) is 17.7. The Hall–Kier alpha value is -8.80. The lowest BCUT2D eigenvalue weighted by Gasteiger charge is -2.17. The molecule has 14 rings (SSSR count). The Labute approximate surface area is 387 Å². The first-order valence-electron chi connectivity index (χ1n) is 23.1. The van der Waals surface area contributed by atoms with Crippen molar-refractivity contribution in [2.75, 3.05) is 0 Å². The van der Waals surface area contributed by atoms with Crippen molar-refractivity contribution in [2.24, 2.45) is 0 Å². The first-order chi connectivity index (χ1) is 33.2. The summed E-state index contributed by atoms with van der Waals surface area (Å²) in [5, 5.41) is 5.13. The third-order valence-corrected chi connectivity index (χ3v) is 13.9. The monoisotopic (exact) mass is 855 g/mol. The third kappa shape index (κ3) is 5.95. The van der Waals surface area contributed by atoms with Gasteiger partial charge in [-0.3, -0.25) is 9.13 Å². The normalized spacial score (nSPS) is 12.4. The van der Waals surface area contributed by atoms with Gasteiger partial charge in [0.05, 0.1) is 38.8 Å². The molecule has 13 aromatic rings. The van der Waals surface area contributed by atoms with E-state index in [1.807, 2.05) is 0 Å². The van der Waals surface area contributed by atoms with Gasteiger partial charge in [-0.15, -0.1) is 0 Å². The highest BCUT2D eigenvalue weighted by Crippen LogP contribution is 2.45. The van der Waals surface area contributed by atoms with Crippen molar-refractivity contribution in [2.45, 2.75) is 12.8 Å². The Morgan fingerprint density at radius 2 is 0.881 bits per heavy atom. The first kappa shape index (κ1) is 37.6. The number of rotatable bonds is 7. The molecule has 4 aromatic heterocycles. The van der Waals surface area contributed by atoms with Gasteiger partial charge in [0.25, 0.3) is 0 Å². The molecule has 5 heteroatoms. The van der Waals surface area contributed by atoms with E-state index in [0.29, 0.717) is 0 Å². The first-order valence-corrected chi connectivity index (χ1v) is 23.1. The van der Waals surface area contributed by atoms with E-state index in [9.17, 15) is 0 Å². The van der Waals surface area contributed by atoms with Crippen LogP contribution in [0.25, 0.3) is 117 Å². The number of hydrogen-bond acceptors (Lipinski definition) is 2. The van der Waals surface area contributed by atoms with Gasteiger partial charge in [-0.05, 0) is 119 Å². The molecule has 0 aliphatic heterocycles. The van der Waals surface area contributed by atoms with Gasteiger partial charge in [-0.1, -0.05) is 152 Å². The van der Waals surface area contributed by atoms with Crippen LogP contribution >= 0.6 is 0 Å². The second-order valence-corrected chi connectivity index (χ2v) is 17.7. The molecule has 67 heavy (non-hydrogen) atoms. The van der Waals surface area contributed by atoms with Crippen LogP contribution < -0.4 is 0 Å². The molecule has 0 fully saturated rings. The van der Waals surface area contributed by atoms with Crippen LogP contribution in [0.15, 0.2) is 224 Å². The molecule has 0 atom stereocenters. The molecule has 0 unspecified atom stereocenters. The molecule has 0 saturated carbocycles. The molecule has 0 amide bonds. The average Bonchev–Trinajstić information content (AvgIpc) is 4.07.